The Kier molecular flexibility index (Phi) is 5.17. The molecular weight excluding hydrogens is 352 g/mol. The molecule has 4 fully saturated rings. The lowest BCUT2D eigenvalue weighted by atomic mass is 9.44. The summed E-state index contributed by atoms with van der Waals surface area (Å²) in [6.45, 7) is 7.06. The zero-order valence-corrected chi connectivity index (χ0v) is 17.8. The molecule has 0 radical (unpaired) electrons. The molecule has 0 saturated heterocycles. The zero-order valence-electron chi connectivity index (χ0n) is 17.8. The van der Waals surface area contributed by atoms with Gasteiger partial charge in [0, 0.05) is 18.8 Å². The second-order valence-electron chi connectivity index (χ2n) is 11.2. The van der Waals surface area contributed by atoms with Gasteiger partial charge in [0.2, 0.25) is 0 Å². The molecule has 4 nitrogen and oxygen atoms in total. The molecule has 9 atom stereocenters. The van der Waals surface area contributed by atoms with Gasteiger partial charge in [0.05, 0.1) is 6.10 Å². The van der Waals surface area contributed by atoms with E-state index in [9.17, 15) is 14.7 Å². The quantitative estimate of drug-likeness (QED) is 0.730. The predicted octanol–water partition coefficient (Wildman–Crippen LogP) is 4.69. The van der Waals surface area contributed by atoms with E-state index in [0.717, 1.165) is 44.9 Å². The van der Waals surface area contributed by atoms with Gasteiger partial charge in [-0.3, -0.25) is 9.59 Å². The normalized spacial score (nSPS) is 49.1. The van der Waals surface area contributed by atoms with Crippen LogP contribution in [-0.2, 0) is 9.59 Å². The maximum atomic E-state index is 13.3. The Bertz CT molecular complexity index is 645. The van der Waals surface area contributed by atoms with Gasteiger partial charge in [-0.15, -0.1) is 0 Å². The van der Waals surface area contributed by atoms with Crippen molar-refractivity contribution in [3.05, 3.63) is 0 Å². The lowest BCUT2D eigenvalue weighted by Gasteiger charge is -2.60. The van der Waals surface area contributed by atoms with Crippen LogP contribution in [0.2, 0.25) is 0 Å². The first-order chi connectivity index (χ1) is 13.2. The smallest absolute Gasteiger partial charge is 0.303 e. The molecule has 28 heavy (non-hydrogen) atoms. The largest absolute Gasteiger partial charge is 0.481 e. The summed E-state index contributed by atoms with van der Waals surface area (Å²) in [6.07, 6.45) is 8.81. The second-order valence-corrected chi connectivity index (χ2v) is 11.2. The van der Waals surface area contributed by atoms with Crippen molar-refractivity contribution in [2.45, 2.75) is 91.1 Å². The molecule has 158 valence electrons. The highest BCUT2D eigenvalue weighted by Gasteiger charge is 2.62. The van der Waals surface area contributed by atoms with Gasteiger partial charge in [0.1, 0.15) is 5.78 Å². The van der Waals surface area contributed by atoms with E-state index in [-0.39, 0.29) is 29.3 Å². The lowest BCUT2D eigenvalue weighted by molar-refractivity contribution is -0.160. The second kappa shape index (κ2) is 7.11. The van der Waals surface area contributed by atoms with Crippen molar-refractivity contribution in [1.82, 2.24) is 0 Å². The fraction of sp³-hybridized carbons (Fsp3) is 0.917. The van der Waals surface area contributed by atoms with E-state index < -0.39 is 5.97 Å². The summed E-state index contributed by atoms with van der Waals surface area (Å²) in [6, 6.07) is 0. The Balaban J connectivity index is 1.56. The van der Waals surface area contributed by atoms with Gasteiger partial charge in [0.25, 0.3) is 0 Å². The fourth-order valence-electron chi connectivity index (χ4n) is 8.44. The first-order valence-electron chi connectivity index (χ1n) is 11.6. The molecule has 0 aromatic carbocycles. The number of hydrogen-bond acceptors (Lipinski definition) is 3. The van der Waals surface area contributed by atoms with Crippen LogP contribution in [0, 0.1) is 46.3 Å². The van der Waals surface area contributed by atoms with Crippen molar-refractivity contribution in [2.24, 2.45) is 46.3 Å². The molecule has 4 aliphatic carbocycles. The topological polar surface area (TPSA) is 74.6 Å². The maximum absolute atomic E-state index is 13.3. The van der Waals surface area contributed by atoms with Crippen molar-refractivity contribution in [1.29, 1.82) is 0 Å². The minimum absolute atomic E-state index is 0.187. The summed E-state index contributed by atoms with van der Waals surface area (Å²) in [5.41, 5.74) is 0.401. The van der Waals surface area contributed by atoms with Gasteiger partial charge >= 0.3 is 5.97 Å². The highest BCUT2D eigenvalue weighted by molar-refractivity contribution is 5.83. The summed E-state index contributed by atoms with van der Waals surface area (Å²) in [5, 5.41) is 19.3. The number of aliphatic carboxylic acids is 1. The molecule has 2 N–H and O–H groups in total. The van der Waals surface area contributed by atoms with Gasteiger partial charge in [-0.1, -0.05) is 20.8 Å². The Hall–Kier alpha value is -0.900. The van der Waals surface area contributed by atoms with Gasteiger partial charge in [-0.05, 0) is 91.8 Å². The summed E-state index contributed by atoms with van der Waals surface area (Å²) < 4.78 is 0. The number of Topliss-reactive ketones (excluding diaryl/α,β-unsaturated/α-hetero) is 1. The highest BCUT2D eigenvalue weighted by atomic mass is 16.4. The molecule has 0 amide bonds. The molecule has 0 heterocycles. The van der Waals surface area contributed by atoms with Crippen molar-refractivity contribution < 1.29 is 19.8 Å². The van der Waals surface area contributed by atoms with Crippen LogP contribution in [-0.4, -0.2) is 28.1 Å². The summed E-state index contributed by atoms with van der Waals surface area (Å²) in [5.74, 6) is 2.25. The SMILES string of the molecule is CC(CCC(=O)O)[C@H]1CC[C@H]2[C@H]3C(=O)C[C@@H]4C[C@H](O)CCC4(C)C3CCC12C. The van der Waals surface area contributed by atoms with Crippen LogP contribution in [0.3, 0.4) is 0 Å². The number of rotatable bonds is 4. The first kappa shape index (κ1) is 20.4. The maximum Gasteiger partial charge on any atom is 0.303 e. The molecule has 0 spiro atoms. The third-order valence-electron chi connectivity index (χ3n) is 10.0. The van der Waals surface area contributed by atoms with E-state index in [0.29, 0.717) is 41.8 Å². The van der Waals surface area contributed by atoms with E-state index in [1.807, 2.05) is 0 Å². The monoisotopic (exact) mass is 390 g/mol. The summed E-state index contributed by atoms with van der Waals surface area (Å²) >= 11 is 0. The standard InChI is InChI=1S/C24H38O4/c1-14(4-7-21(27)28)17-5-6-18-22-19(9-11-24(17,18)3)23(2)10-8-16(25)12-15(23)13-20(22)26/h14-19,22,25H,4-13H2,1-3H3,(H,27,28)/t14?,15-,16+,17+,18-,19?,22+,23?,24?/m0/s1. The van der Waals surface area contributed by atoms with Gasteiger partial charge < -0.3 is 10.2 Å². The Morgan fingerprint density at radius 3 is 2.50 bits per heavy atom. The molecule has 0 aliphatic heterocycles. The summed E-state index contributed by atoms with van der Waals surface area (Å²) in [7, 11) is 0. The number of hydrogen-bond donors (Lipinski definition) is 2. The van der Waals surface area contributed by atoms with Crippen LogP contribution in [0.25, 0.3) is 0 Å². The number of aliphatic hydroxyl groups excluding tert-OH is 1. The number of ketones is 1. The molecule has 0 aromatic heterocycles. The number of carboxylic acids is 1. The molecule has 0 bridgehead atoms. The van der Waals surface area contributed by atoms with Crippen LogP contribution in [0.5, 0.6) is 0 Å². The van der Waals surface area contributed by atoms with Crippen molar-refractivity contribution in [2.75, 3.05) is 0 Å². The van der Waals surface area contributed by atoms with E-state index in [1.54, 1.807) is 0 Å². The summed E-state index contributed by atoms with van der Waals surface area (Å²) in [4.78, 5) is 24.4. The third-order valence-corrected chi connectivity index (χ3v) is 10.0. The fourth-order valence-corrected chi connectivity index (χ4v) is 8.44. The van der Waals surface area contributed by atoms with Crippen molar-refractivity contribution in [3.63, 3.8) is 0 Å². The Morgan fingerprint density at radius 2 is 1.79 bits per heavy atom. The average Bonchev–Trinajstić information content (AvgIpc) is 2.98. The third kappa shape index (κ3) is 3.05. The van der Waals surface area contributed by atoms with Crippen LogP contribution in [0.1, 0.15) is 85.0 Å². The molecule has 0 aromatic rings. The number of carbonyl (C=O) groups excluding carboxylic acids is 1. The number of carbonyl (C=O) groups is 2. The molecular formula is C24H38O4. The predicted molar refractivity (Wildman–Crippen MR) is 108 cm³/mol. The Labute approximate surface area is 169 Å². The van der Waals surface area contributed by atoms with Gasteiger partial charge in [-0.2, -0.15) is 0 Å². The minimum Gasteiger partial charge on any atom is -0.481 e. The van der Waals surface area contributed by atoms with E-state index in [1.165, 1.54) is 6.42 Å². The van der Waals surface area contributed by atoms with Crippen LogP contribution in [0.4, 0.5) is 0 Å². The van der Waals surface area contributed by atoms with Crippen molar-refractivity contribution >= 4 is 11.8 Å². The van der Waals surface area contributed by atoms with Gasteiger partial charge in [-0.25, -0.2) is 0 Å². The van der Waals surface area contributed by atoms with Gasteiger partial charge in [0.15, 0.2) is 0 Å². The first-order valence-corrected chi connectivity index (χ1v) is 11.6. The van der Waals surface area contributed by atoms with Crippen LogP contribution in [0.15, 0.2) is 0 Å². The van der Waals surface area contributed by atoms with Crippen LogP contribution < -0.4 is 0 Å². The Morgan fingerprint density at radius 1 is 1.11 bits per heavy atom. The molecule has 4 saturated carbocycles. The number of carboxylic acid groups (broad SMARTS) is 1. The minimum atomic E-state index is -0.698. The lowest BCUT2D eigenvalue weighted by Crippen LogP contribution is -2.57. The molecule has 4 rings (SSSR count). The van der Waals surface area contributed by atoms with E-state index >= 15 is 0 Å². The zero-order chi connectivity index (χ0) is 20.3. The van der Waals surface area contributed by atoms with Crippen molar-refractivity contribution in [3.8, 4) is 0 Å². The van der Waals surface area contributed by atoms with E-state index in [2.05, 4.69) is 20.8 Å². The number of aliphatic hydroxyl groups is 1. The number of fused-ring (bicyclic) bond motifs is 5. The molecule has 4 heteroatoms. The van der Waals surface area contributed by atoms with Crippen LogP contribution >= 0.6 is 0 Å². The highest BCUT2D eigenvalue weighted by Crippen LogP contribution is 2.67. The molecule has 4 aliphatic rings. The van der Waals surface area contributed by atoms with E-state index in [4.69, 9.17) is 5.11 Å². The average molecular weight is 391 g/mol. The molecule has 4 unspecified atom stereocenters.